The number of thioether (sulfide) groups is 1. The molecule has 3 heterocycles. The molecule has 1 aliphatic rings. The quantitative estimate of drug-likeness (QED) is 0.478. The maximum atomic E-state index is 13.1. The number of aryl methyl sites for hydroxylation is 1. The summed E-state index contributed by atoms with van der Waals surface area (Å²) in [7, 11) is 0. The van der Waals surface area contributed by atoms with Crippen LogP contribution in [0.4, 0.5) is 17.6 Å². The van der Waals surface area contributed by atoms with Gasteiger partial charge in [0.2, 0.25) is 0 Å². The molecule has 2 atom stereocenters. The van der Waals surface area contributed by atoms with Crippen molar-refractivity contribution in [2.75, 3.05) is 6.61 Å². The third-order valence-electron chi connectivity index (χ3n) is 4.75. The molecule has 2 aromatic rings. The Labute approximate surface area is 180 Å². The van der Waals surface area contributed by atoms with E-state index >= 15 is 0 Å². The van der Waals surface area contributed by atoms with Crippen molar-refractivity contribution in [3.8, 4) is 0 Å². The van der Waals surface area contributed by atoms with Gasteiger partial charge in [0.15, 0.2) is 11.0 Å². The van der Waals surface area contributed by atoms with E-state index in [0.717, 1.165) is 11.8 Å². The van der Waals surface area contributed by atoms with E-state index in [2.05, 4.69) is 19.8 Å². The Morgan fingerprint density at radius 3 is 2.81 bits per heavy atom. The van der Waals surface area contributed by atoms with Gasteiger partial charge < -0.3 is 10.5 Å². The summed E-state index contributed by atoms with van der Waals surface area (Å²) in [5, 5.41) is 3.52. The first-order valence-corrected chi connectivity index (χ1v) is 10.2. The number of ether oxygens (including phenoxy) is 1. The summed E-state index contributed by atoms with van der Waals surface area (Å²) in [4.78, 5) is 21.4. The molecule has 0 aliphatic carbocycles. The van der Waals surface area contributed by atoms with Crippen LogP contribution in [0.25, 0.3) is 0 Å². The van der Waals surface area contributed by atoms with Crippen LogP contribution < -0.4 is 5.73 Å². The largest absolute Gasteiger partial charge is 0.379 e. The lowest BCUT2D eigenvalue weighted by molar-refractivity contribution is -0.128. The standard InChI is InChI=1S/C19H21F4N5O2S/c1-10-5-13(28(27-10)16(20)21)14(29)6-11-3-4-25-15(7-11)19(2)8-12(9-30-17(22)23)31-18(24)26-19/h3-5,7,12,16-17H,6,8-9H2,1-2H3,(H2,24,26)/t12-,19-/m0/s1. The van der Waals surface area contributed by atoms with Crippen LogP contribution in [-0.4, -0.2) is 44.2 Å². The molecular weight excluding hydrogens is 438 g/mol. The van der Waals surface area contributed by atoms with Gasteiger partial charge in [-0.2, -0.15) is 22.7 Å². The smallest absolute Gasteiger partial charge is 0.345 e. The van der Waals surface area contributed by atoms with Gasteiger partial charge in [0.1, 0.15) is 11.2 Å². The molecule has 168 valence electrons. The number of aromatic nitrogens is 3. The van der Waals surface area contributed by atoms with E-state index in [0.29, 0.717) is 28.1 Å². The van der Waals surface area contributed by atoms with Crippen LogP contribution in [0.15, 0.2) is 29.4 Å². The molecule has 7 nitrogen and oxygen atoms in total. The summed E-state index contributed by atoms with van der Waals surface area (Å²) in [6.07, 6.45) is 1.68. The zero-order valence-corrected chi connectivity index (χ0v) is 17.6. The summed E-state index contributed by atoms with van der Waals surface area (Å²) < 4.78 is 55.9. The Hall–Kier alpha value is -2.47. The number of ketones is 1. The van der Waals surface area contributed by atoms with Gasteiger partial charge in [-0.3, -0.25) is 9.78 Å². The van der Waals surface area contributed by atoms with Gasteiger partial charge in [-0.25, -0.2) is 9.67 Å². The SMILES string of the molecule is Cc1cc(C(=O)Cc2ccnc([C@]3(C)C[C@@H](COC(F)F)SC(N)=N3)c2)n(C(F)F)n1. The third-order valence-corrected chi connectivity index (χ3v) is 5.72. The van der Waals surface area contributed by atoms with Gasteiger partial charge in [-0.05, 0) is 44.0 Å². The summed E-state index contributed by atoms with van der Waals surface area (Å²) in [6, 6.07) is 4.56. The molecule has 2 aromatic heterocycles. The van der Waals surface area contributed by atoms with Gasteiger partial charge in [0, 0.05) is 17.9 Å². The van der Waals surface area contributed by atoms with Crippen LogP contribution in [-0.2, 0) is 16.7 Å². The van der Waals surface area contributed by atoms with Crippen molar-refractivity contribution >= 4 is 22.7 Å². The fourth-order valence-corrected chi connectivity index (χ4v) is 4.58. The third kappa shape index (κ3) is 5.62. The van der Waals surface area contributed by atoms with Crippen LogP contribution in [0, 0.1) is 6.92 Å². The number of hydrogen-bond donors (Lipinski definition) is 1. The molecule has 0 bridgehead atoms. The van der Waals surface area contributed by atoms with E-state index in [1.54, 1.807) is 19.1 Å². The van der Waals surface area contributed by atoms with Crippen molar-refractivity contribution in [2.45, 2.75) is 50.6 Å². The molecule has 0 saturated heterocycles. The zero-order valence-electron chi connectivity index (χ0n) is 16.8. The maximum absolute atomic E-state index is 13.1. The molecule has 0 radical (unpaired) electrons. The lowest BCUT2D eigenvalue weighted by atomic mass is 9.90. The van der Waals surface area contributed by atoms with Crippen LogP contribution in [0.3, 0.4) is 0 Å². The van der Waals surface area contributed by atoms with Crippen molar-refractivity contribution in [3.05, 3.63) is 47.0 Å². The van der Waals surface area contributed by atoms with E-state index in [1.165, 1.54) is 19.2 Å². The van der Waals surface area contributed by atoms with Gasteiger partial charge in [-0.15, -0.1) is 0 Å². The summed E-state index contributed by atoms with van der Waals surface area (Å²) in [5.41, 5.74) is 6.15. The number of alkyl halides is 4. The van der Waals surface area contributed by atoms with Crippen LogP contribution in [0.1, 0.15) is 47.3 Å². The van der Waals surface area contributed by atoms with Crippen molar-refractivity contribution < 1.29 is 27.1 Å². The molecule has 31 heavy (non-hydrogen) atoms. The monoisotopic (exact) mass is 459 g/mol. The van der Waals surface area contributed by atoms with Crippen molar-refractivity contribution in [2.24, 2.45) is 10.7 Å². The number of carbonyl (C=O) groups is 1. The van der Waals surface area contributed by atoms with Crippen molar-refractivity contribution in [1.29, 1.82) is 0 Å². The number of carbonyl (C=O) groups excluding carboxylic acids is 1. The number of amidine groups is 1. The second kappa shape index (κ2) is 9.35. The van der Waals surface area contributed by atoms with E-state index in [9.17, 15) is 22.4 Å². The highest BCUT2D eigenvalue weighted by molar-refractivity contribution is 8.14. The Balaban J connectivity index is 1.81. The maximum Gasteiger partial charge on any atom is 0.345 e. The molecule has 0 amide bonds. The first-order valence-electron chi connectivity index (χ1n) is 9.32. The van der Waals surface area contributed by atoms with E-state index in [-0.39, 0.29) is 29.1 Å². The van der Waals surface area contributed by atoms with E-state index in [4.69, 9.17) is 5.73 Å². The molecule has 1 aliphatic heterocycles. The predicted molar refractivity (Wildman–Crippen MR) is 107 cm³/mol. The van der Waals surface area contributed by atoms with Crippen molar-refractivity contribution in [3.63, 3.8) is 0 Å². The number of rotatable bonds is 8. The second-order valence-electron chi connectivity index (χ2n) is 7.30. The Morgan fingerprint density at radius 2 is 2.13 bits per heavy atom. The van der Waals surface area contributed by atoms with Gasteiger partial charge in [0.05, 0.1) is 18.0 Å². The highest BCUT2D eigenvalue weighted by Crippen LogP contribution is 2.38. The fraction of sp³-hybridized carbons (Fsp3) is 0.474. The molecular formula is C19H21F4N5O2S. The molecule has 0 unspecified atom stereocenters. The predicted octanol–water partition coefficient (Wildman–Crippen LogP) is 3.68. The van der Waals surface area contributed by atoms with Crippen LogP contribution in [0.2, 0.25) is 0 Å². The highest BCUT2D eigenvalue weighted by atomic mass is 32.2. The number of hydrogen-bond acceptors (Lipinski definition) is 7. The highest BCUT2D eigenvalue weighted by Gasteiger charge is 2.36. The second-order valence-corrected chi connectivity index (χ2v) is 8.62. The average Bonchev–Trinajstić information content (AvgIpc) is 3.08. The summed E-state index contributed by atoms with van der Waals surface area (Å²) >= 11 is 1.15. The molecule has 2 N–H and O–H groups in total. The number of aliphatic imine (C=N–C) groups is 1. The molecule has 0 spiro atoms. The minimum absolute atomic E-state index is 0.144. The Bertz CT molecular complexity index is 984. The lowest BCUT2D eigenvalue weighted by Crippen LogP contribution is -2.36. The first-order chi connectivity index (χ1) is 14.6. The number of Topliss-reactive ketones (excluding diaryl/α,β-unsaturated/α-hetero) is 1. The normalized spacial score (nSPS) is 21.5. The zero-order chi connectivity index (χ0) is 22.8. The minimum atomic E-state index is -2.93. The number of pyridine rings is 1. The number of nitrogens with zero attached hydrogens (tertiary/aromatic N) is 4. The lowest BCUT2D eigenvalue weighted by Gasteiger charge is -2.33. The number of halogens is 4. The van der Waals surface area contributed by atoms with E-state index < -0.39 is 24.5 Å². The molecule has 0 fully saturated rings. The van der Waals surface area contributed by atoms with Gasteiger partial charge in [-0.1, -0.05) is 11.8 Å². The molecule has 3 rings (SSSR count). The minimum Gasteiger partial charge on any atom is -0.379 e. The molecule has 12 heteroatoms. The summed E-state index contributed by atoms with van der Waals surface area (Å²) in [6.45, 7) is -2.73. The van der Waals surface area contributed by atoms with Crippen molar-refractivity contribution in [1.82, 2.24) is 14.8 Å². The molecule has 0 aromatic carbocycles. The Morgan fingerprint density at radius 1 is 1.39 bits per heavy atom. The van der Waals surface area contributed by atoms with Crippen LogP contribution >= 0.6 is 11.8 Å². The Kier molecular flexibility index (Phi) is 6.99. The fourth-order valence-electron chi connectivity index (χ4n) is 3.43. The van der Waals surface area contributed by atoms with E-state index in [1.807, 2.05) is 0 Å². The first kappa shape index (κ1) is 23.2. The number of nitrogens with two attached hydrogens (primary N) is 1. The topological polar surface area (TPSA) is 95.4 Å². The summed E-state index contributed by atoms with van der Waals surface area (Å²) in [5.74, 6) is -0.520. The van der Waals surface area contributed by atoms with Crippen LogP contribution in [0.5, 0.6) is 0 Å². The average molecular weight is 459 g/mol. The molecule has 0 saturated carbocycles. The van der Waals surface area contributed by atoms with Gasteiger partial charge >= 0.3 is 13.2 Å². The van der Waals surface area contributed by atoms with Gasteiger partial charge in [0.25, 0.3) is 0 Å².